The van der Waals surface area contributed by atoms with Gasteiger partial charge in [0.05, 0.1) is 0 Å². The topological polar surface area (TPSA) is 12.0 Å². The molecule has 1 aliphatic carbocycles. The van der Waals surface area contributed by atoms with E-state index < -0.39 is 0 Å². The van der Waals surface area contributed by atoms with E-state index in [0.717, 1.165) is 5.92 Å². The smallest absolute Gasteiger partial charge is 0.00104 e. The predicted molar refractivity (Wildman–Crippen MR) is 63.5 cm³/mol. The minimum atomic E-state index is 0.705. The lowest BCUT2D eigenvalue weighted by atomic mass is 9.63. The van der Waals surface area contributed by atoms with Crippen molar-refractivity contribution in [2.75, 3.05) is 13.1 Å². The zero-order chi connectivity index (χ0) is 10.4. The Bertz CT molecular complexity index is 139. The van der Waals surface area contributed by atoms with Crippen molar-refractivity contribution in [1.82, 2.24) is 5.32 Å². The number of hydrogen-bond donors (Lipinski definition) is 1. The number of rotatable bonds is 0. The van der Waals surface area contributed by atoms with E-state index in [1.165, 1.54) is 51.6 Å². The second-order valence-electron chi connectivity index (χ2n) is 4.79. The first kappa shape index (κ1) is 12.0. The van der Waals surface area contributed by atoms with Gasteiger partial charge in [0.25, 0.3) is 0 Å². The van der Waals surface area contributed by atoms with Gasteiger partial charge in [0.2, 0.25) is 0 Å². The Morgan fingerprint density at radius 1 is 1.07 bits per heavy atom. The summed E-state index contributed by atoms with van der Waals surface area (Å²) in [5.41, 5.74) is 0.705. The highest BCUT2D eigenvalue weighted by Gasteiger charge is 2.38. The van der Waals surface area contributed by atoms with Crippen molar-refractivity contribution in [2.24, 2.45) is 11.3 Å². The molecule has 2 rings (SSSR count). The molecule has 1 aliphatic heterocycles. The van der Waals surface area contributed by atoms with Gasteiger partial charge < -0.3 is 5.32 Å². The van der Waals surface area contributed by atoms with Gasteiger partial charge in [-0.1, -0.05) is 40.0 Å². The monoisotopic (exact) mass is 197 g/mol. The Hall–Kier alpha value is -0.0400. The minimum absolute atomic E-state index is 0.705. The molecule has 2 atom stereocenters. The molecule has 0 aromatic carbocycles. The van der Waals surface area contributed by atoms with E-state index in [9.17, 15) is 0 Å². The fourth-order valence-electron chi connectivity index (χ4n) is 3.11. The lowest BCUT2D eigenvalue weighted by Gasteiger charge is -2.45. The number of hydrogen-bond acceptors (Lipinski definition) is 1. The Balaban J connectivity index is 0.000000461. The van der Waals surface area contributed by atoms with Crippen LogP contribution in [-0.2, 0) is 0 Å². The van der Waals surface area contributed by atoms with E-state index in [1.54, 1.807) is 0 Å². The van der Waals surface area contributed by atoms with Crippen molar-refractivity contribution >= 4 is 0 Å². The van der Waals surface area contributed by atoms with Crippen LogP contribution >= 0.6 is 0 Å². The number of piperidine rings is 1. The summed E-state index contributed by atoms with van der Waals surface area (Å²) in [7, 11) is 0. The lowest BCUT2D eigenvalue weighted by Crippen LogP contribution is -2.45. The van der Waals surface area contributed by atoms with Crippen molar-refractivity contribution in [2.45, 2.75) is 59.3 Å². The second-order valence-corrected chi connectivity index (χ2v) is 4.79. The highest BCUT2D eigenvalue weighted by molar-refractivity contribution is 4.91. The fraction of sp³-hybridized carbons (Fsp3) is 1.00. The molecule has 14 heavy (non-hydrogen) atoms. The highest BCUT2D eigenvalue weighted by Crippen LogP contribution is 2.45. The molecule has 84 valence electrons. The third kappa shape index (κ3) is 2.50. The summed E-state index contributed by atoms with van der Waals surface area (Å²) in [6.07, 6.45) is 8.81. The van der Waals surface area contributed by atoms with Crippen LogP contribution in [0.2, 0.25) is 0 Å². The van der Waals surface area contributed by atoms with Gasteiger partial charge in [-0.15, -0.1) is 0 Å². The molecule has 1 heterocycles. The van der Waals surface area contributed by atoms with Gasteiger partial charge in [0.15, 0.2) is 0 Å². The predicted octanol–water partition coefficient (Wildman–Crippen LogP) is 3.59. The van der Waals surface area contributed by atoms with E-state index in [1.807, 2.05) is 13.8 Å². The molecule has 0 aromatic rings. The lowest BCUT2D eigenvalue weighted by molar-refractivity contribution is 0.0736. The van der Waals surface area contributed by atoms with Gasteiger partial charge in [-0.2, -0.15) is 0 Å². The van der Waals surface area contributed by atoms with Crippen molar-refractivity contribution < 1.29 is 0 Å². The molecular weight excluding hydrogens is 170 g/mol. The maximum atomic E-state index is 3.58. The minimum Gasteiger partial charge on any atom is -0.316 e. The largest absolute Gasteiger partial charge is 0.316 e. The quantitative estimate of drug-likeness (QED) is 0.626. The third-order valence-corrected chi connectivity index (χ3v) is 4.11. The Kier molecular flexibility index (Phi) is 4.94. The maximum Gasteiger partial charge on any atom is 0.00104 e. The van der Waals surface area contributed by atoms with Crippen LogP contribution in [0.1, 0.15) is 59.3 Å². The maximum absolute atomic E-state index is 3.58. The first-order valence-corrected chi connectivity index (χ1v) is 6.54. The van der Waals surface area contributed by atoms with Crippen LogP contribution in [0.3, 0.4) is 0 Å². The van der Waals surface area contributed by atoms with E-state index in [0.29, 0.717) is 5.41 Å². The van der Waals surface area contributed by atoms with Crippen molar-refractivity contribution in [3.8, 4) is 0 Å². The average Bonchev–Trinajstić information content (AvgIpc) is 2.27. The molecule has 0 bridgehead atoms. The van der Waals surface area contributed by atoms with Gasteiger partial charge in [-0.05, 0) is 37.1 Å². The Morgan fingerprint density at radius 2 is 1.79 bits per heavy atom. The second kappa shape index (κ2) is 5.75. The summed E-state index contributed by atoms with van der Waals surface area (Å²) >= 11 is 0. The van der Waals surface area contributed by atoms with Crippen LogP contribution in [0.5, 0.6) is 0 Å². The molecule has 2 fully saturated rings. The van der Waals surface area contributed by atoms with Gasteiger partial charge in [-0.25, -0.2) is 0 Å². The molecule has 1 nitrogen and oxygen atoms in total. The summed E-state index contributed by atoms with van der Waals surface area (Å²) in [4.78, 5) is 0. The highest BCUT2D eigenvalue weighted by atomic mass is 14.9. The Labute approximate surface area is 89.7 Å². The third-order valence-electron chi connectivity index (χ3n) is 4.11. The summed E-state index contributed by atoms with van der Waals surface area (Å²) < 4.78 is 0. The molecule has 0 radical (unpaired) electrons. The van der Waals surface area contributed by atoms with Gasteiger partial charge in [-0.3, -0.25) is 0 Å². The summed E-state index contributed by atoms with van der Waals surface area (Å²) in [5, 5.41) is 3.58. The first-order chi connectivity index (χ1) is 6.83. The van der Waals surface area contributed by atoms with E-state index in [-0.39, 0.29) is 0 Å². The molecule has 2 aliphatic rings. The van der Waals surface area contributed by atoms with Gasteiger partial charge >= 0.3 is 0 Å². The van der Waals surface area contributed by atoms with Crippen LogP contribution in [0.25, 0.3) is 0 Å². The van der Waals surface area contributed by atoms with Crippen LogP contribution in [-0.4, -0.2) is 13.1 Å². The molecule has 2 unspecified atom stereocenters. The number of nitrogens with one attached hydrogen (secondary N) is 1. The first-order valence-electron chi connectivity index (χ1n) is 6.54. The van der Waals surface area contributed by atoms with Crippen LogP contribution in [0, 0.1) is 11.3 Å². The van der Waals surface area contributed by atoms with E-state index >= 15 is 0 Å². The van der Waals surface area contributed by atoms with Crippen LogP contribution < -0.4 is 5.32 Å². The van der Waals surface area contributed by atoms with Crippen LogP contribution in [0.4, 0.5) is 0 Å². The van der Waals surface area contributed by atoms with Crippen molar-refractivity contribution in [1.29, 1.82) is 0 Å². The summed E-state index contributed by atoms with van der Waals surface area (Å²) in [6, 6.07) is 0. The molecular formula is C13H27N. The fourth-order valence-corrected chi connectivity index (χ4v) is 3.11. The van der Waals surface area contributed by atoms with E-state index in [4.69, 9.17) is 0 Å². The SMILES string of the molecule is CC.CC1CCCCC12CCCNC2. The van der Waals surface area contributed by atoms with E-state index in [2.05, 4.69) is 12.2 Å². The zero-order valence-electron chi connectivity index (χ0n) is 10.2. The summed E-state index contributed by atoms with van der Waals surface area (Å²) in [6.45, 7) is 9.02. The average molecular weight is 197 g/mol. The molecule has 0 amide bonds. The standard InChI is InChI=1S/C11H21N.C2H6/c1-10-5-2-3-6-11(10)7-4-8-12-9-11;1-2/h10,12H,2-9H2,1H3;1-2H3. The molecule has 1 heteroatoms. The van der Waals surface area contributed by atoms with Crippen molar-refractivity contribution in [3.05, 3.63) is 0 Å². The summed E-state index contributed by atoms with van der Waals surface area (Å²) in [5.74, 6) is 0.971. The normalized spacial score (nSPS) is 37.5. The van der Waals surface area contributed by atoms with Gasteiger partial charge in [0, 0.05) is 6.54 Å². The Morgan fingerprint density at radius 3 is 2.36 bits per heavy atom. The van der Waals surface area contributed by atoms with Crippen LogP contribution in [0.15, 0.2) is 0 Å². The molecule has 1 spiro atoms. The zero-order valence-corrected chi connectivity index (χ0v) is 10.2. The molecule has 0 aromatic heterocycles. The van der Waals surface area contributed by atoms with Gasteiger partial charge in [0.1, 0.15) is 0 Å². The molecule has 1 saturated carbocycles. The molecule has 1 N–H and O–H groups in total. The van der Waals surface area contributed by atoms with Crippen molar-refractivity contribution in [3.63, 3.8) is 0 Å². The molecule has 1 saturated heterocycles.